The number of nitrogens with zero attached hydrogens (tertiary/aromatic N) is 1. The quantitative estimate of drug-likeness (QED) is 0.282. The summed E-state index contributed by atoms with van der Waals surface area (Å²) >= 11 is 1.61. The minimum absolute atomic E-state index is 0.0218. The van der Waals surface area contributed by atoms with Gasteiger partial charge in [-0.3, -0.25) is 14.9 Å². The molecular weight excluding hydrogens is 312 g/mol. The third-order valence-electron chi connectivity index (χ3n) is 3.29. The molecule has 2 rings (SSSR count). The second-order valence-corrected chi connectivity index (χ2v) is 5.59. The number of carbonyl (C=O) groups is 1. The maximum atomic E-state index is 12.1. The topological polar surface area (TPSA) is 72.2 Å². The lowest BCUT2D eigenvalue weighted by atomic mass is 10.1. The van der Waals surface area contributed by atoms with Crippen molar-refractivity contribution in [1.29, 1.82) is 0 Å². The van der Waals surface area contributed by atoms with Crippen LogP contribution >= 0.6 is 11.8 Å². The van der Waals surface area contributed by atoms with Crippen molar-refractivity contribution in [3.05, 3.63) is 69.8 Å². The largest absolute Gasteiger partial charge is 0.383 e. The highest BCUT2D eigenvalue weighted by atomic mass is 32.2. The van der Waals surface area contributed by atoms with Gasteiger partial charge in [0.25, 0.3) is 5.69 Å². The SMILES string of the molecule is CNc1ccc(/C=C/C(=O)c2ccc(SC)cc2)cc1[N+](=O)[O-]. The van der Waals surface area contributed by atoms with E-state index in [1.807, 2.05) is 18.4 Å². The fraction of sp³-hybridized carbons (Fsp3) is 0.118. The number of allylic oxidation sites excluding steroid dienone is 1. The molecule has 0 unspecified atom stereocenters. The average molecular weight is 328 g/mol. The summed E-state index contributed by atoms with van der Waals surface area (Å²) < 4.78 is 0. The van der Waals surface area contributed by atoms with E-state index >= 15 is 0 Å². The number of nitro benzene ring substituents is 1. The van der Waals surface area contributed by atoms with Gasteiger partial charge >= 0.3 is 0 Å². The van der Waals surface area contributed by atoms with E-state index in [0.29, 0.717) is 16.8 Å². The van der Waals surface area contributed by atoms with Crippen molar-refractivity contribution in [2.75, 3.05) is 18.6 Å². The Hall–Kier alpha value is -2.60. The summed E-state index contributed by atoms with van der Waals surface area (Å²) in [4.78, 5) is 23.8. The molecule has 0 fully saturated rings. The summed E-state index contributed by atoms with van der Waals surface area (Å²) in [6.45, 7) is 0. The standard InChI is InChI=1S/C17H16N2O3S/c1-18-15-9-3-12(11-16(15)19(21)22)4-10-17(20)13-5-7-14(23-2)8-6-13/h3-11,18H,1-2H3/b10-4+. The van der Waals surface area contributed by atoms with Gasteiger partial charge in [-0.05, 0) is 48.2 Å². The molecule has 0 aliphatic heterocycles. The molecular formula is C17H16N2O3S. The highest BCUT2D eigenvalue weighted by molar-refractivity contribution is 7.98. The van der Waals surface area contributed by atoms with E-state index in [4.69, 9.17) is 0 Å². The highest BCUT2D eigenvalue weighted by Crippen LogP contribution is 2.25. The zero-order valence-corrected chi connectivity index (χ0v) is 13.6. The van der Waals surface area contributed by atoms with E-state index < -0.39 is 4.92 Å². The minimum atomic E-state index is -0.452. The first kappa shape index (κ1) is 16.8. The fourth-order valence-electron chi connectivity index (χ4n) is 2.04. The molecule has 6 heteroatoms. The molecule has 118 valence electrons. The lowest BCUT2D eigenvalue weighted by Crippen LogP contribution is -1.97. The molecule has 2 aromatic rings. The number of ketones is 1. The van der Waals surface area contributed by atoms with E-state index in [1.165, 1.54) is 12.1 Å². The Labute approximate surface area is 138 Å². The Kier molecular flexibility index (Phi) is 5.54. The van der Waals surface area contributed by atoms with Crippen LogP contribution in [0.1, 0.15) is 15.9 Å². The number of nitro groups is 1. The molecule has 23 heavy (non-hydrogen) atoms. The number of anilines is 1. The summed E-state index contributed by atoms with van der Waals surface area (Å²) in [6.07, 6.45) is 4.97. The van der Waals surface area contributed by atoms with Gasteiger partial charge in [-0.1, -0.05) is 12.1 Å². The monoisotopic (exact) mass is 328 g/mol. The number of carbonyl (C=O) groups excluding carboxylic acids is 1. The molecule has 0 atom stereocenters. The van der Waals surface area contributed by atoms with Gasteiger partial charge in [-0.25, -0.2) is 0 Å². The zero-order valence-electron chi connectivity index (χ0n) is 12.8. The van der Waals surface area contributed by atoms with Gasteiger partial charge in [0.05, 0.1) is 4.92 Å². The Morgan fingerprint density at radius 1 is 1.22 bits per heavy atom. The molecule has 0 radical (unpaired) electrons. The first-order valence-corrected chi connectivity index (χ1v) is 8.10. The number of benzene rings is 2. The second-order valence-electron chi connectivity index (χ2n) is 4.71. The maximum absolute atomic E-state index is 12.1. The smallest absolute Gasteiger partial charge is 0.292 e. The van der Waals surface area contributed by atoms with E-state index in [2.05, 4.69) is 5.32 Å². The van der Waals surface area contributed by atoms with Crippen molar-refractivity contribution in [2.45, 2.75) is 4.90 Å². The second kappa shape index (κ2) is 7.60. The number of rotatable bonds is 6. The Bertz CT molecular complexity index is 755. The van der Waals surface area contributed by atoms with Gasteiger partial charge in [0.2, 0.25) is 0 Å². The van der Waals surface area contributed by atoms with Crippen LogP contribution in [-0.4, -0.2) is 24.0 Å². The van der Waals surface area contributed by atoms with Crippen LogP contribution in [0.5, 0.6) is 0 Å². The molecule has 2 aromatic carbocycles. The highest BCUT2D eigenvalue weighted by Gasteiger charge is 2.12. The minimum Gasteiger partial charge on any atom is -0.383 e. The van der Waals surface area contributed by atoms with Crippen LogP contribution in [-0.2, 0) is 0 Å². The summed E-state index contributed by atoms with van der Waals surface area (Å²) in [5.74, 6) is -0.141. The summed E-state index contributed by atoms with van der Waals surface area (Å²) in [5.41, 5.74) is 1.60. The fourth-order valence-corrected chi connectivity index (χ4v) is 2.45. The van der Waals surface area contributed by atoms with Crippen LogP contribution in [0.2, 0.25) is 0 Å². The Morgan fingerprint density at radius 3 is 2.48 bits per heavy atom. The molecule has 0 aromatic heterocycles. The van der Waals surface area contributed by atoms with Crippen molar-refractivity contribution < 1.29 is 9.72 Å². The Balaban J connectivity index is 2.20. The number of hydrogen-bond acceptors (Lipinski definition) is 5. The molecule has 0 saturated heterocycles. The van der Waals surface area contributed by atoms with E-state index in [9.17, 15) is 14.9 Å². The van der Waals surface area contributed by atoms with Gasteiger partial charge in [-0.2, -0.15) is 0 Å². The van der Waals surface area contributed by atoms with Crippen molar-refractivity contribution in [1.82, 2.24) is 0 Å². The maximum Gasteiger partial charge on any atom is 0.292 e. The number of thioether (sulfide) groups is 1. The van der Waals surface area contributed by atoms with E-state index in [0.717, 1.165) is 4.90 Å². The lowest BCUT2D eigenvalue weighted by molar-refractivity contribution is -0.383. The van der Waals surface area contributed by atoms with Gasteiger partial charge in [-0.15, -0.1) is 11.8 Å². The van der Waals surface area contributed by atoms with Crippen LogP contribution in [0.15, 0.2) is 53.4 Å². The first-order chi connectivity index (χ1) is 11.0. The molecule has 0 aliphatic carbocycles. The molecule has 1 N–H and O–H groups in total. The molecule has 0 amide bonds. The molecule has 0 saturated carbocycles. The molecule has 0 aliphatic rings. The summed E-state index contributed by atoms with van der Waals surface area (Å²) in [5, 5.41) is 13.8. The molecule has 0 bridgehead atoms. The Morgan fingerprint density at radius 2 is 1.91 bits per heavy atom. The van der Waals surface area contributed by atoms with Crippen LogP contribution in [0.4, 0.5) is 11.4 Å². The summed E-state index contributed by atoms with van der Waals surface area (Å²) in [6, 6.07) is 12.1. The van der Waals surface area contributed by atoms with Crippen LogP contribution in [0, 0.1) is 10.1 Å². The van der Waals surface area contributed by atoms with Crippen LogP contribution < -0.4 is 5.32 Å². The van der Waals surface area contributed by atoms with E-state index in [1.54, 1.807) is 49.2 Å². The lowest BCUT2D eigenvalue weighted by Gasteiger charge is -2.02. The van der Waals surface area contributed by atoms with Crippen molar-refractivity contribution in [3.63, 3.8) is 0 Å². The number of hydrogen-bond donors (Lipinski definition) is 1. The van der Waals surface area contributed by atoms with Crippen LogP contribution in [0.3, 0.4) is 0 Å². The summed E-state index contributed by atoms with van der Waals surface area (Å²) in [7, 11) is 1.62. The predicted octanol–water partition coefficient (Wildman–Crippen LogP) is 4.25. The van der Waals surface area contributed by atoms with Crippen molar-refractivity contribution in [3.8, 4) is 0 Å². The third-order valence-corrected chi connectivity index (χ3v) is 4.03. The van der Waals surface area contributed by atoms with Gasteiger partial charge in [0.15, 0.2) is 5.78 Å². The third kappa shape index (κ3) is 4.20. The number of nitrogens with one attached hydrogen (secondary N) is 1. The molecule has 0 spiro atoms. The average Bonchev–Trinajstić information content (AvgIpc) is 2.59. The predicted molar refractivity (Wildman–Crippen MR) is 94.2 cm³/mol. The van der Waals surface area contributed by atoms with Crippen molar-refractivity contribution >= 4 is 35.0 Å². The zero-order chi connectivity index (χ0) is 16.8. The van der Waals surface area contributed by atoms with Crippen molar-refractivity contribution in [2.24, 2.45) is 0 Å². The van der Waals surface area contributed by atoms with Gasteiger partial charge in [0, 0.05) is 23.6 Å². The normalized spacial score (nSPS) is 10.7. The molecule has 0 heterocycles. The van der Waals surface area contributed by atoms with E-state index in [-0.39, 0.29) is 11.5 Å². The first-order valence-electron chi connectivity index (χ1n) is 6.88. The van der Waals surface area contributed by atoms with Gasteiger partial charge in [0.1, 0.15) is 5.69 Å². The molecule has 5 nitrogen and oxygen atoms in total. The van der Waals surface area contributed by atoms with Crippen LogP contribution in [0.25, 0.3) is 6.08 Å². The van der Waals surface area contributed by atoms with Gasteiger partial charge < -0.3 is 5.32 Å².